The first-order chi connectivity index (χ1) is 8.83. The average molecular weight is 239 g/mol. The zero-order valence-electron chi connectivity index (χ0n) is 9.74. The molecule has 0 spiro atoms. The van der Waals surface area contributed by atoms with Gasteiger partial charge >= 0.3 is 0 Å². The highest BCUT2D eigenvalue weighted by Crippen LogP contribution is 2.21. The van der Waals surface area contributed by atoms with Crippen molar-refractivity contribution >= 4 is 10.9 Å². The monoisotopic (exact) mass is 239 g/mol. The number of nitrogens with zero attached hydrogens (tertiary/aromatic N) is 2. The summed E-state index contributed by atoms with van der Waals surface area (Å²) in [7, 11) is 0. The Morgan fingerprint density at radius 2 is 2.11 bits per heavy atom. The summed E-state index contributed by atoms with van der Waals surface area (Å²) in [4.78, 5) is 11.4. The summed E-state index contributed by atoms with van der Waals surface area (Å²) in [6.07, 6.45) is 5.14. The summed E-state index contributed by atoms with van der Waals surface area (Å²) in [5.41, 5.74) is 1.82. The first-order valence-corrected chi connectivity index (χ1v) is 5.84. The normalized spacial score (nSPS) is 12.7. The number of rotatable bonds is 3. The lowest BCUT2D eigenvalue weighted by molar-refractivity contribution is 0.176. The van der Waals surface area contributed by atoms with E-state index in [9.17, 15) is 5.11 Å². The number of aromatic amines is 1. The van der Waals surface area contributed by atoms with Gasteiger partial charge in [0.15, 0.2) is 0 Å². The van der Waals surface area contributed by atoms with Crippen molar-refractivity contribution in [1.82, 2.24) is 15.0 Å². The van der Waals surface area contributed by atoms with E-state index in [0.717, 1.165) is 22.3 Å². The second kappa shape index (κ2) is 4.58. The molecule has 0 aliphatic rings. The van der Waals surface area contributed by atoms with Gasteiger partial charge in [-0.05, 0) is 23.8 Å². The Morgan fingerprint density at radius 1 is 1.17 bits per heavy atom. The first-order valence-electron chi connectivity index (χ1n) is 5.84. The van der Waals surface area contributed by atoms with Crippen LogP contribution in [0.25, 0.3) is 10.9 Å². The van der Waals surface area contributed by atoms with Gasteiger partial charge in [-0.1, -0.05) is 12.1 Å². The third-order valence-electron chi connectivity index (χ3n) is 2.95. The third kappa shape index (κ3) is 2.10. The smallest absolute Gasteiger partial charge is 0.108 e. The maximum atomic E-state index is 10.2. The minimum atomic E-state index is -0.555. The van der Waals surface area contributed by atoms with Crippen LogP contribution in [0.15, 0.2) is 48.9 Å². The molecule has 0 amide bonds. The Morgan fingerprint density at radius 3 is 2.94 bits per heavy atom. The molecule has 1 atom stereocenters. The van der Waals surface area contributed by atoms with Crippen molar-refractivity contribution < 1.29 is 5.11 Å². The second-order valence-corrected chi connectivity index (χ2v) is 4.21. The molecule has 90 valence electrons. The van der Waals surface area contributed by atoms with Gasteiger partial charge in [-0.15, -0.1) is 0 Å². The number of H-pyrrole nitrogens is 1. The van der Waals surface area contributed by atoms with Gasteiger partial charge in [-0.2, -0.15) is 0 Å². The van der Waals surface area contributed by atoms with Gasteiger partial charge in [0.1, 0.15) is 5.82 Å². The Balaban J connectivity index is 1.89. The lowest BCUT2D eigenvalue weighted by atomic mass is 10.0. The van der Waals surface area contributed by atoms with E-state index in [2.05, 4.69) is 15.0 Å². The van der Waals surface area contributed by atoms with Gasteiger partial charge < -0.3 is 10.1 Å². The SMILES string of the molecule is OC(Cc1ncc[nH]1)c1ccc2ncccc2c1. The molecule has 0 aliphatic carbocycles. The second-order valence-electron chi connectivity index (χ2n) is 4.21. The molecule has 3 rings (SSSR count). The summed E-state index contributed by atoms with van der Waals surface area (Å²) in [5.74, 6) is 0.786. The number of nitrogens with one attached hydrogen (secondary N) is 1. The maximum absolute atomic E-state index is 10.2. The van der Waals surface area contributed by atoms with Crippen LogP contribution in [0.3, 0.4) is 0 Å². The Kier molecular flexibility index (Phi) is 2.78. The van der Waals surface area contributed by atoms with Crippen LogP contribution in [0, 0.1) is 0 Å². The van der Waals surface area contributed by atoms with Gasteiger partial charge in [0.25, 0.3) is 0 Å². The van der Waals surface area contributed by atoms with E-state index >= 15 is 0 Å². The molecule has 2 aromatic heterocycles. The van der Waals surface area contributed by atoms with Crippen LogP contribution in [0.5, 0.6) is 0 Å². The Bertz CT molecular complexity index is 649. The molecular formula is C14H13N3O. The highest BCUT2D eigenvalue weighted by Gasteiger charge is 2.10. The van der Waals surface area contributed by atoms with Crippen LogP contribution in [-0.2, 0) is 6.42 Å². The molecule has 1 unspecified atom stereocenters. The number of aromatic nitrogens is 3. The highest BCUT2D eigenvalue weighted by atomic mass is 16.3. The number of fused-ring (bicyclic) bond motifs is 1. The molecule has 3 aromatic rings. The van der Waals surface area contributed by atoms with Crippen LogP contribution in [-0.4, -0.2) is 20.1 Å². The molecule has 2 N–H and O–H groups in total. The van der Waals surface area contributed by atoms with E-state index in [-0.39, 0.29) is 0 Å². The fourth-order valence-corrected chi connectivity index (χ4v) is 2.01. The lowest BCUT2D eigenvalue weighted by Gasteiger charge is -2.10. The molecule has 0 saturated carbocycles. The topological polar surface area (TPSA) is 61.8 Å². The van der Waals surface area contributed by atoms with Gasteiger partial charge in [0.05, 0.1) is 11.6 Å². The zero-order valence-corrected chi connectivity index (χ0v) is 9.74. The van der Waals surface area contributed by atoms with Crippen molar-refractivity contribution in [3.63, 3.8) is 0 Å². The third-order valence-corrected chi connectivity index (χ3v) is 2.95. The zero-order chi connectivity index (χ0) is 12.4. The van der Waals surface area contributed by atoms with E-state index in [1.54, 1.807) is 18.6 Å². The number of benzene rings is 1. The van der Waals surface area contributed by atoms with Gasteiger partial charge in [0, 0.05) is 30.4 Å². The summed E-state index contributed by atoms with van der Waals surface area (Å²) >= 11 is 0. The Hall–Kier alpha value is -2.20. The summed E-state index contributed by atoms with van der Waals surface area (Å²) in [6, 6.07) is 9.69. The van der Waals surface area contributed by atoms with Gasteiger partial charge in [0.2, 0.25) is 0 Å². The maximum Gasteiger partial charge on any atom is 0.108 e. The minimum absolute atomic E-state index is 0.485. The molecule has 1 aromatic carbocycles. The van der Waals surface area contributed by atoms with Gasteiger partial charge in [-0.3, -0.25) is 4.98 Å². The number of hydrogen-bond donors (Lipinski definition) is 2. The van der Waals surface area contributed by atoms with Crippen molar-refractivity contribution in [2.75, 3.05) is 0 Å². The van der Waals surface area contributed by atoms with Crippen LogP contribution in [0.2, 0.25) is 0 Å². The minimum Gasteiger partial charge on any atom is -0.388 e. The molecular weight excluding hydrogens is 226 g/mol. The highest BCUT2D eigenvalue weighted by molar-refractivity contribution is 5.79. The number of hydrogen-bond acceptors (Lipinski definition) is 3. The number of aliphatic hydroxyl groups excluding tert-OH is 1. The first kappa shape index (κ1) is 10.9. The summed E-state index contributed by atoms with van der Waals surface area (Å²) in [5, 5.41) is 11.2. The quantitative estimate of drug-likeness (QED) is 0.736. The van der Waals surface area contributed by atoms with Crippen molar-refractivity contribution in [3.05, 3.63) is 60.3 Å². The molecule has 0 fully saturated rings. The van der Waals surface area contributed by atoms with E-state index in [0.29, 0.717) is 6.42 Å². The van der Waals surface area contributed by atoms with Crippen molar-refractivity contribution in [2.45, 2.75) is 12.5 Å². The van der Waals surface area contributed by atoms with Crippen LogP contribution in [0.1, 0.15) is 17.5 Å². The number of aliphatic hydroxyl groups is 1. The standard InChI is InChI=1S/C14H13N3O/c18-13(9-14-16-6-7-17-14)11-3-4-12-10(8-11)2-1-5-15-12/h1-8,13,18H,9H2,(H,16,17). The predicted molar refractivity (Wildman–Crippen MR) is 69.0 cm³/mol. The molecule has 0 radical (unpaired) electrons. The fourth-order valence-electron chi connectivity index (χ4n) is 2.01. The van der Waals surface area contributed by atoms with E-state index in [4.69, 9.17) is 0 Å². The Labute approximate surface area is 104 Å². The van der Waals surface area contributed by atoms with Crippen LogP contribution >= 0.6 is 0 Å². The molecule has 18 heavy (non-hydrogen) atoms. The summed E-state index contributed by atoms with van der Waals surface area (Å²) in [6.45, 7) is 0. The van der Waals surface area contributed by atoms with E-state index in [1.165, 1.54) is 0 Å². The van der Waals surface area contributed by atoms with E-state index < -0.39 is 6.10 Å². The lowest BCUT2D eigenvalue weighted by Crippen LogP contribution is -2.03. The average Bonchev–Trinajstić information content (AvgIpc) is 2.91. The van der Waals surface area contributed by atoms with Crippen molar-refractivity contribution in [1.29, 1.82) is 0 Å². The van der Waals surface area contributed by atoms with Crippen LogP contribution in [0.4, 0.5) is 0 Å². The molecule has 4 heteroatoms. The molecule has 0 saturated heterocycles. The fraction of sp³-hybridized carbons (Fsp3) is 0.143. The van der Waals surface area contributed by atoms with Crippen LogP contribution < -0.4 is 0 Å². The molecule has 2 heterocycles. The molecule has 0 aliphatic heterocycles. The van der Waals surface area contributed by atoms with E-state index in [1.807, 2.05) is 30.3 Å². The largest absolute Gasteiger partial charge is 0.388 e. The number of pyridine rings is 1. The number of imidazole rings is 1. The van der Waals surface area contributed by atoms with Crippen molar-refractivity contribution in [2.24, 2.45) is 0 Å². The predicted octanol–water partition coefficient (Wildman–Crippen LogP) is 2.23. The van der Waals surface area contributed by atoms with Gasteiger partial charge in [-0.25, -0.2) is 4.98 Å². The molecule has 0 bridgehead atoms. The molecule has 4 nitrogen and oxygen atoms in total. The summed E-state index contributed by atoms with van der Waals surface area (Å²) < 4.78 is 0. The van der Waals surface area contributed by atoms with Crippen molar-refractivity contribution in [3.8, 4) is 0 Å².